The van der Waals surface area contributed by atoms with Crippen LogP contribution in [0.4, 0.5) is 24.5 Å². The summed E-state index contributed by atoms with van der Waals surface area (Å²) in [6.07, 6.45) is -4.24. The van der Waals surface area contributed by atoms with Crippen molar-refractivity contribution in [3.8, 4) is 11.5 Å². The average molecular weight is 502 g/mol. The molecule has 0 spiro atoms. The first-order valence-corrected chi connectivity index (χ1v) is 10.8. The zero-order valence-corrected chi connectivity index (χ0v) is 19.1. The summed E-state index contributed by atoms with van der Waals surface area (Å²) in [6, 6.07) is 13.2. The third-order valence-electron chi connectivity index (χ3n) is 5.20. The quantitative estimate of drug-likeness (QED) is 0.331. The highest BCUT2D eigenvalue weighted by Crippen LogP contribution is 2.35. The Hall–Kier alpha value is -4.16. The normalized spacial score (nSPS) is 16.7. The number of carbonyl (C=O) groups excluding carboxylic acids is 2. The summed E-state index contributed by atoms with van der Waals surface area (Å²) >= 11 is 0. The molecule has 1 aliphatic rings. The number of epoxide rings is 1. The standard InChI is InChI=1S/C24H22F3N5O4/c1-29-21(34)19-12-17(8-9-30-19)35-16-6-4-15(5-7-16)31-22-23(36-22)32-18-11-14(24(25,26)27)3-2-13(18)10-20(28)33/h2-9,11-12,22-23,31-32H,10H2,1H3,(H2,28,33)(H,29,34)/p+1. The van der Waals surface area contributed by atoms with Crippen LogP contribution in [0.3, 0.4) is 0 Å². The van der Waals surface area contributed by atoms with E-state index in [4.69, 9.17) is 9.47 Å². The number of pyridine rings is 1. The van der Waals surface area contributed by atoms with Gasteiger partial charge in [0.15, 0.2) is 12.5 Å². The number of carbonyl (C=O) groups is 2. The van der Waals surface area contributed by atoms with Gasteiger partial charge in [-0.05, 0) is 48.0 Å². The van der Waals surface area contributed by atoms with Gasteiger partial charge in [0.1, 0.15) is 17.2 Å². The monoisotopic (exact) mass is 502 g/mol. The number of aromatic nitrogens is 1. The van der Waals surface area contributed by atoms with Crippen molar-refractivity contribution in [3.63, 3.8) is 0 Å². The zero-order valence-electron chi connectivity index (χ0n) is 19.1. The van der Waals surface area contributed by atoms with Gasteiger partial charge < -0.3 is 25.4 Å². The molecule has 0 radical (unpaired) electrons. The van der Waals surface area contributed by atoms with Crippen LogP contribution in [0.1, 0.15) is 21.6 Å². The van der Waals surface area contributed by atoms with E-state index >= 15 is 0 Å². The van der Waals surface area contributed by atoms with Gasteiger partial charge in [0.2, 0.25) is 0 Å². The number of hydrogen-bond donors (Lipinski definition) is 4. The zero-order chi connectivity index (χ0) is 25.9. The van der Waals surface area contributed by atoms with Crippen molar-refractivity contribution >= 4 is 23.2 Å². The van der Waals surface area contributed by atoms with E-state index in [1.54, 1.807) is 30.3 Å². The van der Waals surface area contributed by atoms with Gasteiger partial charge in [0.05, 0.1) is 12.0 Å². The molecule has 0 saturated carbocycles. The van der Waals surface area contributed by atoms with Crippen LogP contribution >= 0.6 is 0 Å². The van der Waals surface area contributed by atoms with E-state index in [0.717, 1.165) is 12.1 Å². The number of rotatable bonds is 9. The second-order valence-electron chi connectivity index (χ2n) is 7.93. The Labute approximate surface area is 203 Å². The minimum atomic E-state index is -4.52. The van der Waals surface area contributed by atoms with E-state index in [2.05, 4.69) is 26.7 Å². The Balaban J connectivity index is 1.37. The maximum atomic E-state index is 13.1. The number of hydrogen-bond acceptors (Lipinski definition) is 7. The van der Waals surface area contributed by atoms with Crippen LogP contribution < -0.4 is 26.4 Å². The van der Waals surface area contributed by atoms with E-state index < -0.39 is 30.1 Å². The van der Waals surface area contributed by atoms with E-state index in [-0.39, 0.29) is 23.7 Å². The molecule has 4 rings (SSSR count). The first-order chi connectivity index (χ1) is 17.1. The molecule has 2 aromatic carbocycles. The van der Waals surface area contributed by atoms with Crippen LogP contribution in [0.5, 0.6) is 11.5 Å². The van der Waals surface area contributed by atoms with Crippen molar-refractivity contribution in [2.75, 3.05) is 17.7 Å². The number of nitrogens with zero attached hydrogens (tertiary/aromatic N) is 1. The molecule has 1 fully saturated rings. The van der Waals surface area contributed by atoms with Gasteiger partial charge in [-0.1, -0.05) is 6.07 Å². The lowest BCUT2D eigenvalue weighted by Crippen LogP contribution is -2.57. The van der Waals surface area contributed by atoms with E-state index in [9.17, 15) is 22.8 Å². The van der Waals surface area contributed by atoms with Gasteiger partial charge >= 0.3 is 12.1 Å². The van der Waals surface area contributed by atoms with Crippen molar-refractivity contribution in [3.05, 3.63) is 77.6 Å². The van der Waals surface area contributed by atoms with Gasteiger partial charge in [-0.15, -0.1) is 0 Å². The average Bonchev–Trinajstić information content (AvgIpc) is 3.57. The molecule has 12 heteroatoms. The van der Waals surface area contributed by atoms with E-state index in [1.165, 1.54) is 25.4 Å². The van der Waals surface area contributed by atoms with Gasteiger partial charge in [-0.2, -0.15) is 13.2 Å². The number of anilines is 2. The Morgan fingerprint density at radius 3 is 2.42 bits per heavy atom. The molecule has 1 aromatic heterocycles. The fraction of sp³-hybridized carbons (Fsp3) is 0.208. The summed E-state index contributed by atoms with van der Waals surface area (Å²) in [4.78, 5) is 27.1. The third kappa shape index (κ3) is 6.29. The predicted molar refractivity (Wildman–Crippen MR) is 123 cm³/mol. The van der Waals surface area contributed by atoms with Gasteiger partial charge in [-0.25, -0.2) is 4.79 Å². The van der Waals surface area contributed by atoms with Gasteiger partial charge in [-0.3, -0.25) is 15.5 Å². The van der Waals surface area contributed by atoms with Crippen molar-refractivity contribution < 1.29 is 38.0 Å². The molecular weight excluding hydrogens is 479 g/mol. The largest absolute Gasteiger partial charge is 0.457 e. The molecule has 188 valence electrons. The molecule has 0 aliphatic carbocycles. The smallest absolute Gasteiger partial charge is 0.416 e. The molecule has 1 aliphatic heterocycles. The van der Waals surface area contributed by atoms with E-state index in [1.807, 2.05) is 0 Å². The van der Waals surface area contributed by atoms with Crippen LogP contribution in [-0.2, 0) is 22.1 Å². The minimum absolute atomic E-state index is 0.102. The number of alkyl halides is 3. The molecule has 2 unspecified atom stereocenters. The molecule has 1 saturated heterocycles. The molecule has 2 heterocycles. The SMILES string of the molecule is CNC(=O)c1cc(Oc2ccc(NC3OC3Nc3cc(C(F)(F)F)ccc3CC([NH3+])=O)cc2)ccn1. The number of benzene rings is 2. The second kappa shape index (κ2) is 10.2. The molecule has 2 atom stereocenters. The first kappa shape index (κ1) is 24.9. The van der Waals surface area contributed by atoms with Crippen LogP contribution in [0.15, 0.2) is 60.8 Å². The van der Waals surface area contributed by atoms with Crippen molar-refractivity contribution in [2.45, 2.75) is 25.1 Å². The topological polar surface area (TPSA) is 133 Å². The summed E-state index contributed by atoms with van der Waals surface area (Å²) in [5.74, 6) is 0.218. The van der Waals surface area contributed by atoms with Crippen LogP contribution in [0.25, 0.3) is 0 Å². The Kier molecular flexibility index (Phi) is 7.08. The number of amides is 2. The highest BCUT2D eigenvalue weighted by atomic mass is 19.4. The van der Waals surface area contributed by atoms with Gasteiger partial charge in [0, 0.05) is 30.7 Å². The Morgan fingerprint density at radius 1 is 1.03 bits per heavy atom. The van der Waals surface area contributed by atoms with Crippen LogP contribution in [0, 0.1) is 0 Å². The van der Waals surface area contributed by atoms with Crippen molar-refractivity contribution in [2.24, 2.45) is 0 Å². The lowest BCUT2D eigenvalue weighted by molar-refractivity contribution is -0.304. The Bertz CT molecular complexity index is 1270. The first-order valence-electron chi connectivity index (χ1n) is 10.8. The minimum Gasteiger partial charge on any atom is -0.457 e. The van der Waals surface area contributed by atoms with E-state index in [0.29, 0.717) is 22.7 Å². The number of halogens is 3. The summed E-state index contributed by atoms with van der Waals surface area (Å²) in [5, 5.41) is 8.51. The predicted octanol–water partition coefficient (Wildman–Crippen LogP) is 2.77. The summed E-state index contributed by atoms with van der Waals surface area (Å²) < 4.78 is 50.7. The van der Waals surface area contributed by atoms with Gasteiger partial charge in [0.25, 0.3) is 5.91 Å². The molecule has 36 heavy (non-hydrogen) atoms. The molecule has 0 bridgehead atoms. The molecule has 3 aromatic rings. The summed E-state index contributed by atoms with van der Waals surface area (Å²) in [7, 11) is 1.51. The van der Waals surface area contributed by atoms with Crippen LogP contribution in [-0.4, -0.2) is 36.3 Å². The molecule has 9 nitrogen and oxygen atoms in total. The second-order valence-corrected chi connectivity index (χ2v) is 7.93. The number of ether oxygens (including phenoxy) is 2. The molecule has 6 N–H and O–H groups in total. The molecule has 2 amide bonds. The highest BCUT2D eigenvalue weighted by molar-refractivity contribution is 5.92. The fourth-order valence-corrected chi connectivity index (χ4v) is 3.39. The lowest BCUT2D eigenvalue weighted by Gasteiger charge is -2.13. The maximum absolute atomic E-state index is 13.1. The van der Waals surface area contributed by atoms with Crippen LogP contribution in [0.2, 0.25) is 0 Å². The number of nitrogens with one attached hydrogen (secondary N) is 3. The lowest BCUT2D eigenvalue weighted by atomic mass is 10.1. The number of quaternary nitrogens is 1. The van der Waals surface area contributed by atoms with Crippen molar-refractivity contribution in [1.29, 1.82) is 0 Å². The summed E-state index contributed by atoms with van der Waals surface area (Å²) in [5.41, 5.74) is 3.94. The van der Waals surface area contributed by atoms with Crippen molar-refractivity contribution in [1.82, 2.24) is 10.3 Å². The maximum Gasteiger partial charge on any atom is 0.416 e. The Morgan fingerprint density at radius 2 is 1.75 bits per heavy atom. The third-order valence-corrected chi connectivity index (χ3v) is 5.20. The molecular formula is C24H23F3N5O4+. The highest BCUT2D eigenvalue weighted by Gasteiger charge is 2.40. The summed E-state index contributed by atoms with van der Waals surface area (Å²) in [6.45, 7) is 0. The fourth-order valence-electron chi connectivity index (χ4n) is 3.39.